The van der Waals surface area contributed by atoms with Gasteiger partial charge in [0.1, 0.15) is 5.82 Å². The third kappa shape index (κ3) is 3.55. The molecule has 2 heterocycles. The van der Waals surface area contributed by atoms with Gasteiger partial charge in [0, 0.05) is 44.6 Å². The first-order chi connectivity index (χ1) is 12.2. The highest BCUT2D eigenvalue weighted by Crippen LogP contribution is 2.26. The summed E-state index contributed by atoms with van der Waals surface area (Å²) in [4.78, 5) is 19.1. The van der Waals surface area contributed by atoms with Crippen LogP contribution in [0.3, 0.4) is 0 Å². The molecule has 0 spiro atoms. The van der Waals surface area contributed by atoms with Crippen molar-refractivity contribution in [1.82, 2.24) is 14.5 Å². The molecule has 1 aromatic heterocycles. The van der Waals surface area contributed by atoms with E-state index in [-0.39, 0.29) is 6.03 Å². The highest BCUT2D eigenvalue weighted by molar-refractivity contribution is 5.89. The van der Waals surface area contributed by atoms with E-state index in [1.807, 2.05) is 30.4 Å². The van der Waals surface area contributed by atoms with E-state index in [4.69, 9.17) is 0 Å². The predicted octanol–water partition coefficient (Wildman–Crippen LogP) is 3.40. The van der Waals surface area contributed by atoms with E-state index in [2.05, 4.69) is 27.0 Å². The van der Waals surface area contributed by atoms with Crippen LogP contribution in [-0.2, 0) is 26.3 Å². The molecule has 0 bridgehead atoms. The number of fused-ring (bicyclic) bond motifs is 1. The lowest BCUT2D eigenvalue weighted by atomic mass is 9.94. The molecule has 1 aliphatic carbocycles. The summed E-state index contributed by atoms with van der Waals surface area (Å²) >= 11 is 0. The number of urea groups is 1. The largest absolute Gasteiger partial charge is 0.338 e. The van der Waals surface area contributed by atoms with Crippen molar-refractivity contribution in [2.24, 2.45) is 13.0 Å². The third-order valence-corrected chi connectivity index (χ3v) is 5.55. The zero-order valence-corrected chi connectivity index (χ0v) is 14.9. The molecule has 0 unspecified atom stereocenters. The topological polar surface area (TPSA) is 50.2 Å². The normalized spacial score (nSPS) is 19.7. The molecule has 1 aromatic carbocycles. The van der Waals surface area contributed by atoms with Crippen molar-refractivity contribution in [3.63, 3.8) is 0 Å². The number of imidazole rings is 1. The predicted molar refractivity (Wildman–Crippen MR) is 98.7 cm³/mol. The van der Waals surface area contributed by atoms with Crippen LogP contribution in [0.1, 0.15) is 36.2 Å². The summed E-state index contributed by atoms with van der Waals surface area (Å²) in [5.41, 5.74) is 3.76. The summed E-state index contributed by atoms with van der Waals surface area (Å²) in [6.45, 7) is 1.65. The van der Waals surface area contributed by atoms with Crippen LogP contribution in [0.15, 0.2) is 30.6 Å². The van der Waals surface area contributed by atoms with E-state index >= 15 is 0 Å². The Bertz CT molecular complexity index is 767. The number of benzene rings is 1. The number of aromatic nitrogens is 2. The Kier molecular flexibility index (Phi) is 4.47. The summed E-state index contributed by atoms with van der Waals surface area (Å²) in [6.07, 6.45) is 10.5. The molecule has 0 saturated carbocycles. The molecule has 132 valence electrons. The summed E-state index contributed by atoms with van der Waals surface area (Å²) in [6, 6.07) is 6.38. The van der Waals surface area contributed by atoms with Crippen LogP contribution in [0.25, 0.3) is 0 Å². The average Bonchev–Trinajstić information content (AvgIpc) is 3.24. The molecule has 2 aromatic rings. The van der Waals surface area contributed by atoms with Gasteiger partial charge in [-0.3, -0.25) is 0 Å². The van der Waals surface area contributed by atoms with Gasteiger partial charge >= 0.3 is 6.03 Å². The van der Waals surface area contributed by atoms with Gasteiger partial charge in [-0.05, 0) is 61.3 Å². The van der Waals surface area contributed by atoms with Gasteiger partial charge in [-0.15, -0.1) is 0 Å². The number of nitrogens with zero attached hydrogens (tertiary/aromatic N) is 3. The van der Waals surface area contributed by atoms with Crippen LogP contribution < -0.4 is 5.32 Å². The first kappa shape index (κ1) is 16.2. The molecule has 0 radical (unpaired) electrons. The van der Waals surface area contributed by atoms with Gasteiger partial charge in [-0.2, -0.15) is 0 Å². The van der Waals surface area contributed by atoms with Crippen LogP contribution in [0, 0.1) is 5.92 Å². The minimum absolute atomic E-state index is 0.0301. The van der Waals surface area contributed by atoms with Crippen molar-refractivity contribution < 1.29 is 4.79 Å². The third-order valence-electron chi connectivity index (χ3n) is 5.55. The molecule has 4 rings (SSSR count). The number of rotatable bonds is 3. The SMILES string of the molecule is Cn1ccnc1C[C@@H]1CCCN(C(=O)Nc2ccc3c(c2)CCC3)C1. The first-order valence-electron chi connectivity index (χ1n) is 9.33. The Hall–Kier alpha value is -2.30. The number of hydrogen-bond donors (Lipinski definition) is 1. The molecule has 1 N–H and O–H groups in total. The number of anilines is 1. The lowest BCUT2D eigenvalue weighted by molar-refractivity contribution is 0.176. The number of hydrogen-bond acceptors (Lipinski definition) is 2. The number of carbonyl (C=O) groups is 1. The van der Waals surface area contributed by atoms with Crippen molar-refractivity contribution in [3.05, 3.63) is 47.5 Å². The van der Waals surface area contributed by atoms with E-state index in [1.54, 1.807) is 0 Å². The molecule has 25 heavy (non-hydrogen) atoms. The molecule has 5 nitrogen and oxygen atoms in total. The molecule has 1 fully saturated rings. The monoisotopic (exact) mass is 338 g/mol. The van der Waals surface area contributed by atoms with Crippen molar-refractivity contribution in [3.8, 4) is 0 Å². The minimum Gasteiger partial charge on any atom is -0.338 e. The average molecular weight is 338 g/mol. The number of amides is 2. The smallest absolute Gasteiger partial charge is 0.321 e. The van der Waals surface area contributed by atoms with Crippen molar-refractivity contribution >= 4 is 11.7 Å². The van der Waals surface area contributed by atoms with Gasteiger partial charge < -0.3 is 14.8 Å². The van der Waals surface area contributed by atoms with Crippen LogP contribution in [0.2, 0.25) is 0 Å². The van der Waals surface area contributed by atoms with Gasteiger partial charge in [0.15, 0.2) is 0 Å². The fourth-order valence-corrected chi connectivity index (χ4v) is 4.12. The van der Waals surface area contributed by atoms with E-state index in [1.165, 1.54) is 24.0 Å². The molecular formula is C20H26N4O. The standard InChI is InChI=1S/C20H26N4O/c1-23-11-9-21-19(23)12-15-4-3-10-24(14-15)20(25)22-18-8-7-16-5-2-6-17(16)13-18/h7-9,11,13,15H,2-6,10,12,14H2,1H3,(H,22,25)/t15-/m0/s1. The van der Waals surface area contributed by atoms with Gasteiger partial charge in [0.05, 0.1) is 0 Å². The molecule has 1 aliphatic heterocycles. The van der Waals surface area contributed by atoms with Gasteiger partial charge in [0.25, 0.3) is 0 Å². The zero-order valence-electron chi connectivity index (χ0n) is 14.9. The second-order valence-electron chi connectivity index (χ2n) is 7.38. The maximum atomic E-state index is 12.7. The number of piperidine rings is 1. The maximum absolute atomic E-state index is 12.7. The second kappa shape index (κ2) is 6.90. The fraction of sp³-hybridized carbons (Fsp3) is 0.500. The summed E-state index contributed by atoms with van der Waals surface area (Å²) in [7, 11) is 2.03. The number of likely N-dealkylation sites (tertiary alicyclic amines) is 1. The maximum Gasteiger partial charge on any atom is 0.321 e. The highest BCUT2D eigenvalue weighted by atomic mass is 16.2. The lowest BCUT2D eigenvalue weighted by Gasteiger charge is -2.32. The minimum atomic E-state index is 0.0301. The Balaban J connectivity index is 1.37. The van der Waals surface area contributed by atoms with Crippen LogP contribution in [-0.4, -0.2) is 33.6 Å². The molecule has 1 atom stereocenters. The summed E-state index contributed by atoms with van der Waals surface area (Å²) in [5, 5.41) is 3.10. The lowest BCUT2D eigenvalue weighted by Crippen LogP contribution is -2.43. The van der Waals surface area contributed by atoms with Crippen LogP contribution in [0.5, 0.6) is 0 Å². The first-order valence-corrected chi connectivity index (χ1v) is 9.33. The fourth-order valence-electron chi connectivity index (χ4n) is 4.12. The number of nitrogens with one attached hydrogen (secondary N) is 1. The van der Waals surface area contributed by atoms with Crippen LogP contribution >= 0.6 is 0 Å². The van der Waals surface area contributed by atoms with Gasteiger partial charge in [-0.1, -0.05) is 6.07 Å². The summed E-state index contributed by atoms with van der Waals surface area (Å²) in [5.74, 6) is 1.59. The van der Waals surface area contributed by atoms with Crippen molar-refractivity contribution in [2.45, 2.75) is 38.5 Å². The Morgan fingerprint density at radius 1 is 1.28 bits per heavy atom. The highest BCUT2D eigenvalue weighted by Gasteiger charge is 2.25. The Morgan fingerprint density at radius 2 is 2.16 bits per heavy atom. The molecular weight excluding hydrogens is 312 g/mol. The van der Waals surface area contributed by atoms with E-state index < -0.39 is 0 Å². The molecule has 2 aliphatic rings. The van der Waals surface area contributed by atoms with Crippen LogP contribution in [0.4, 0.5) is 10.5 Å². The van der Waals surface area contributed by atoms with E-state index in [0.717, 1.165) is 50.3 Å². The molecule has 2 amide bonds. The van der Waals surface area contributed by atoms with Crippen molar-refractivity contribution in [1.29, 1.82) is 0 Å². The molecule has 1 saturated heterocycles. The zero-order chi connectivity index (χ0) is 17.2. The van der Waals surface area contributed by atoms with E-state index in [9.17, 15) is 4.79 Å². The van der Waals surface area contributed by atoms with E-state index in [0.29, 0.717) is 5.92 Å². The Morgan fingerprint density at radius 3 is 3.00 bits per heavy atom. The van der Waals surface area contributed by atoms with Crippen molar-refractivity contribution in [2.75, 3.05) is 18.4 Å². The quantitative estimate of drug-likeness (QED) is 0.932. The molecule has 5 heteroatoms. The second-order valence-corrected chi connectivity index (χ2v) is 7.38. The Labute approximate surface area is 149 Å². The number of aryl methyl sites for hydroxylation is 3. The summed E-state index contributed by atoms with van der Waals surface area (Å²) < 4.78 is 2.07. The number of carbonyl (C=O) groups excluding carboxylic acids is 1. The van der Waals surface area contributed by atoms with Gasteiger partial charge in [-0.25, -0.2) is 9.78 Å². The van der Waals surface area contributed by atoms with Gasteiger partial charge in [0.2, 0.25) is 0 Å².